The van der Waals surface area contributed by atoms with E-state index in [9.17, 15) is 0 Å². The van der Waals surface area contributed by atoms with Crippen LogP contribution in [0.4, 0.5) is 5.69 Å². The molecule has 120 valence electrons. The van der Waals surface area contributed by atoms with Gasteiger partial charge in [0.25, 0.3) is 0 Å². The van der Waals surface area contributed by atoms with Crippen molar-refractivity contribution in [2.75, 3.05) is 5.32 Å². The maximum atomic E-state index is 6.14. The van der Waals surface area contributed by atoms with Crippen molar-refractivity contribution in [2.45, 2.75) is 6.54 Å². The number of pyridine rings is 2. The number of benzene rings is 1. The van der Waals surface area contributed by atoms with Crippen LogP contribution in [0.5, 0.6) is 0 Å². The first-order chi connectivity index (χ1) is 12.2. The quantitative estimate of drug-likeness (QED) is 0.577. The molecular formula is C19H14BClN4. The molecule has 0 unspecified atom stereocenters. The van der Waals surface area contributed by atoms with E-state index in [4.69, 9.17) is 19.4 Å². The van der Waals surface area contributed by atoms with Gasteiger partial charge < -0.3 is 9.72 Å². The number of hydrogen-bond donors (Lipinski definition) is 1. The number of halogens is 1. The Bertz CT molecular complexity index is 1030. The highest BCUT2D eigenvalue weighted by molar-refractivity contribution is 6.31. The van der Waals surface area contributed by atoms with Crippen LogP contribution in [0.1, 0.15) is 5.56 Å². The SMILES string of the molecule is [B]c1cnc2c(NCc3ccncc3)cc(-c3cccc(Cl)c3)cn12. The van der Waals surface area contributed by atoms with Gasteiger partial charge in [0, 0.05) is 41.9 Å². The fourth-order valence-electron chi connectivity index (χ4n) is 2.76. The first-order valence-corrected chi connectivity index (χ1v) is 8.24. The lowest BCUT2D eigenvalue weighted by Gasteiger charge is -2.12. The molecule has 0 atom stereocenters. The third-order valence-corrected chi connectivity index (χ3v) is 4.26. The van der Waals surface area contributed by atoms with Crippen LogP contribution >= 0.6 is 11.6 Å². The summed E-state index contributed by atoms with van der Waals surface area (Å²) in [5.41, 5.74) is 5.46. The van der Waals surface area contributed by atoms with E-state index in [1.807, 2.05) is 47.0 Å². The van der Waals surface area contributed by atoms with Gasteiger partial charge in [0.15, 0.2) is 5.65 Å². The summed E-state index contributed by atoms with van der Waals surface area (Å²) >= 11 is 6.14. The molecule has 0 bridgehead atoms. The van der Waals surface area contributed by atoms with Crippen LogP contribution in [0.3, 0.4) is 0 Å². The second kappa shape index (κ2) is 6.61. The molecule has 3 heterocycles. The predicted molar refractivity (Wildman–Crippen MR) is 103 cm³/mol. The zero-order valence-corrected chi connectivity index (χ0v) is 14.1. The second-order valence-electron chi connectivity index (χ2n) is 5.74. The van der Waals surface area contributed by atoms with E-state index in [1.54, 1.807) is 18.6 Å². The van der Waals surface area contributed by atoms with Crippen molar-refractivity contribution in [3.05, 3.63) is 77.8 Å². The number of aromatic nitrogens is 3. The van der Waals surface area contributed by atoms with Gasteiger partial charge in [0.05, 0.1) is 5.69 Å². The van der Waals surface area contributed by atoms with Gasteiger partial charge in [-0.1, -0.05) is 23.7 Å². The normalized spacial score (nSPS) is 10.9. The second-order valence-corrected chi connectivity index (χ2v) is 6.17. The minimum atomic E-state index is 0.589. The predicted octanol–water partition coefficient (Wildman–Crippen LogP) is 3.46. The molecule has 0 aliphatic heterocycles. The summed E-state index contributed by atoms with van der Waals surface area (Å²) in [6.45, 7) is 0.671. The summed E-state index contributed by atoms with van der Waals surface area (Å²) < 4.78 is 1.88. The van der Waals surface area contributed by atoms with Crippen LogP contribution in [-0.4, -0.2) is 22.2 Å². The maximum Gasteiger partial charge on any atom is 0.159 e. The van der Waals surface area contributed by atoms with Gasteiger partial charge >= 0.3 is 0 Å². The van der Waals surface area contributed by atoms with Crippen molar-refractivity contribution in [3.63, 3.8) is 0 Å². The number of nitrogens with zero attached hydrogens (tertiary/aromatic N) is 3. The Morgan fingerprint density at radius 3 is 2.72 bits per heavy atom. The van der Waals surface area contributed by atoms with Crippen molar-refractivity contribution >= 4 is 36.4 Å². The molecule has 1 aromatic carbocycles. The standard InChI is InChI=1S/C19H14BClN4/c20-18-11-24-19-17(23-10-13-4-6-22-7-5-13)9-15(12-25(18)19)14-2-1-3-16(21)8-14/h1-9,11-12,23H,10H2. The summed E-state index contributed by atoms with van der Waals surface area (Å²) in [5, 5.41) is 4.14. The van der Waals surface area contributed by atoms with Crippen LogP contribution in [-0.2, 0) is 6.54 Å². The number of anilines is 1. The van der Waals surface area contributed by atoms with Gasteiger partial charge in [-0.15, -0.1) is 0 Å². The Morgan fingerprint density at radius 1 is 1.08 bits per heavy atom. The van der Waals surface area contributed by atoms with Crippen LogP contribution in [0.2, 0.25) is 5.02 Å². The molecule has 6 heteroatoms. The smallest absolute Gasteiger partial charge is 0.159 e. The number of rotatable bonds is 4. The average Bonchev–Trinajstić information content (AvgIpc) is 3.02. The van der Waals surface area contributed by atoms with E-state index in [1.165, 1.54) is 0 Å². The Morgan fingerprint density at radius 2 is 1.92 bits per heavy atom. The third-order valence-electron chi connectivity index (χ3n) is 4.02. The molecule has 25 heavy (non-hydrogen) atoms. The Balaban J connectivity index is 1.77. The molecule has 0 aliphatic rings. The fraction of sp³-hybridized carbons (Fsp3) is 0.0526. The van der Waals surface area contributed by atoms with Gasteiger partial charge in [-0.2, -0.15) is 0 Å². The van der Waals surface area contributed by atoms with E-state index < -0.39 is 0 Å². The Kier molecular flexibility index (Phi) is 4.16. The van der Waals surface area contributed by atoms with Crippen molar-refractivity contribution in [2.24, 2.45) is 0 Å². The largest absolute Gasteiger partial charge is 0.378 e. The van der Waals surface area contributed by atoms with Gasteiger partial charge in [-0.3, -0.25) is 4.98 Å². The first kappa shape index (κ1) is 15.7. The number of nitrogens with one attached hydrogen (secondary N) is 1. The highest BCUT2D eigenvalue weighted by atomic mass is 35.5. The summed E-state index contributed by atoms with van der Waals surface area (Å²) in [7, 11) is 6.07. The summed E-state index contributed by atoms with van der Waals surface area (Å²) in [5.74, 6) is 0. The van der Waals surface area contributed by atoms with Crippen molar-refractivity contribution in [3.8, 4) is 11.1 Å². The zero-order valence-electron chi connectivity index (χ0n) is 13.4. The molecule has 0 amide bonds. The van der Waals surface area contributed by atoms with E-state index in [-0.39, 0.29) is 0 Å². The minimum Gasteiger partial charge on any atom is -0.378 e. The van der Waals surface area contributed by atoms with E-state index in [2.05, 4.69) is 21.4 Å². The summed E-state index contributed by atoms with van der Waals surface area (Å²) in [4.78, 5) is 8.46. The van der Waals surface area contributed by atoms with Crippen LogP contribution in [0.25, 0.3) is 16.8 Å². The summed E-state index contributed by atoms with van der Waals surface area (Å²) in [6, 6.07) is 13.8. The first-order valence-electron chi connectivity index (χ1n) is 7.86. The maximum absolute atomic E-state index is 6.14. The van der Waals surface area contributed by atoms with Gasteiger partial charge in [0.1, 0.15) is 7.85 Å². The Hall–Kier alpha value is -2.79. The topological polar surface area (TPSA) is 42.2 Å². The van der Waals surface area contributed by atoms with Gasteiger partial charge in [-0.25, -0.2) is 4.98 Å². The molecule has 4 nitrogen and oxygen atoms in total. The summed E-state index contributed by atoms with van der Waals surface area (Å²) in [6.07, 6.45) is 7.20. The van der Waals surface area contributed by atoms with Crippen molar-refractivity contribution in [1.82, 2.24) is 14.4 Å². The van der Waals surface area contributed by atoms with Crippen molar-refractivity contribution in [1.29, 1.82) is 0 Å². The molecule has 2 radical (unpaired) electrons. The number of hydrogen-bond acceptors (Lipinski definition) is 3. The lowest BCUT2D eigenvalue weighted by Crippen LogP contribution is -2.10. The lowest BCUT2D eigenvalue weighted by molar-refractivity contribution is 1.11. The number of fused-ring (bicyclic) bond motifs is 1. The highest BCUT2D eigenvalue weighted by Gasteiger charge is 2.09. The lowest BCUT2D eigenvalue weighted by atomic mass is 10.0. The third kappa shape index (κ3) is 3.23. The van der Waals surface area contributed by atoms with Crippen molar-refractivity contribution < 1.29 is 0 Å². The molecular weight excluding hydrogens is 331 g/mol. The molecule has 0 spiro atoms. The van der Waals surface area contributed by atoms with E-state index in [0.717, 1.165) is 28.0 Å². The zero-order chi connectivity index (χ0) is 17.2. The highest BCUT2D eigenvalue weighted by Crippen LogP contribution is 2.27. The molecule has 1 N–H and O–H groups in total. The average molecular weight is 345 g/mol. The molecule has 0 saturated heterocycles. The monoisotopic (exact) mass is 344 g/mol. The molecule has 0 aliphatic carbocycles. The molecule has 0 fully saturated rings. The molecule has 3 aromatic heterocycles. The molecule has 4 rings (SSSR count). The number of imidazole rings is 1. The van der Waals surface area contributed by atoms with Gasteiger partial charge in [-0.05, 0) is 47.1 Å². The molecule has 0 saturated carbocycles. The van der Waals surface area contributed by atoms with Crippen LogP contribution in [0.15, 0.2) is 67.3 Å². The van der Waals surface area contributed by atoms with E-state index in [0.29, 0.717) is 17.2 Å². The van der Waals surface area contributed by atoms with Crippen LogP contribution in [0, 0.1) is 0 Å². The minimum absolute atomic E-state index is 0.589. The molecule has 4 aromatic rings. The van der Waals surface area contributed by atoms with E-state index >= 15 is 0 Å². The van der Waals surface area contributed by atoms with Gasteiger partial charge in [0.2, 0.25) is 0 Å². The van der Waals surface area contributed by atoms with Crippen LogP contribution < -0.4 is 10.9 Å². The Labute approximate surface area is 151 Å². The fourth-order valence-corrected chi connectivity index (χ4v) is 2.95.